The topological polar surface area (TPSA) is 89.1 Å². The lowest BCUT2D eigenvalue weighted by molar-refractivity contribution is -0.384. The number of aromatic nitrogens is 3. The number of nitro groups is 1. The van der Waals surface area contributed by atoms with Gasteiger partial charge in [-0.15, -0.1) is 0 Å². The zero-order valence-corrected chi connectivity index (χ0v) is 10.2. The number of H-pyrrole nitrogens is 1. The van der Waals surface area contributed by atoms with E-state index in [1.807, 2.05) is 0 Å². The van der Waals surface area contributed by atoms with Gasteiger partial charge in [-0.1, -0.05) is 12.1 Å². The predicted molar refractivity (Wildman–Crippen MR) is 68.2 cm³/mol. The molecule has 0 saturated carbocycles. The minimum absolute atomic E-state index is 0.0199. The van der Waals surface area contributed by atoms with E-state index in [1.54, 1.807) is 19.1 Å². The van der Waals surface area contributed by atoms with E-state index in [2.05, 4.69) is 15.3 Å². The van der Waals surface area contributed by atoms with E-state index in [1.165, 1.54) is 23.0 Å². The summed E-state index contributed by atoms with van der Waals surface area (Å²) in [4.78, 5) is 10.2. The predicted octanol–water partition coefficient (Wildman–Crippen LogP) is 2.04. The molecule has 1 aromatic heterocycles. The Hall–Kier alpha value is -2.35. The molecule has 0 aliphatic rings. The molecular formula is C10H9N5O2S. The highest BCUT2D eigenvalue weighted by molar-refractivity contribution is 7.71. The van der Waals surface area contributed by atoms with Gasteiger partial charge in [0.15, 0.2) is 0 Å². The van der Waals surface area contributed by atoms with Gasteiger partial charge in [0.2, 0.25) is 4.77 Å². The van der Waals surface area contributed by atoms with Gasteiger partial charge in [0.05, 0.1) is 11.1 Å². The smallest absolute Gasteiger partial charge is 0.258 e. The molecule has 8 heteroatoms. The minimum Gasteiger partial charge on any atom is -0.258 e. The van der Waals surface area contributed by atoms with Gasteiger partial charge in [0.25, 0.3) is 5.69 Å². The van der Waals surface area contributed by atoms with Crippen molar-refractivity contribution in [3.63, 3.8) is 0 Å². The van der Waals surface area contributed by atoms with E-state index in [0.717, 1.165) is 0 Å². The van der Waals surface area contributed by atoms with Gasteiger partial charge in [0, 0.05) is 17.7 Å². The van der Waals surface area contributed by atoms with Gasteiger partial charge in [-0.25, -0.2) is 0 Å². The molecule has 0 atom stereocenters. The molecule has 1 N–H and O–H groups in total. The number of non-ortho nitro benzene ring substituents is 1. The van der Waals surface area contributed by atoms with E-state index in [0.29, 0.717) is 16.2 Å². The largest absolute Gasteiger partial charge is 0.270 e. The lowest BCUT2D eigenvalue weighted by Gasteiger charge is -1.95. The number of hydrogen-bond acceptors (Lipinski definition) is 5. The Kier molecular flexibility index (Phi) is 3.28. The number of hydrogen-bond donors (Lipinski definition) is 1. The van der Waals surface area contributed by atoms with Crippen LogP contribution in [0.4, 0.5) is 5.69 Å². The van der Waals surface area contributed by atoms with Crippen molar-refractivity contribution in [1.29, 1.82) is 0 Å². The molecule has 18 heavy (non-hydrogen) atoms. The molecule has 1 heterocycles. The summed E-state index contributed by atoms with van der Waals surface area (Å²) in [7, 11) is 0. The summed E-state index contributed by atoms with van der Waals surface area (Å²) < 4.78 is 1.81. The molecule has 0 radical (unpaired) electrons. The van der Waals surface area contributed by atoms with E-state index in [9.17, 15) is 10.1 Å². The second-order valence-electron chi connectivity index (χ2n) is 3.48. The second-order valence-corrected chi connectivity index (χ2v) is 3.87. The number of aryl methyl sites for hydroxylation is 1. The molecule has 0 fully saturated rings. The molecule has 0 aliphatic carbocycles. The quantitative estimate of drug-likeness (QED) is 0.397. The van der Waals surface area contributed by atoms with Crippen molar-refractivity contribution < 1.29 is 4.92 Å². The Morgan fingerprint density at radius 3 is 3.00 bits per heavy atom. The first-order chi connectivity index (χ1) is 8.58. The van der Waals surface area contributed by atoms with Crippen LogP contribution in [-0.2, 0) is 0 Å². The number of nitrogens with zero attached hydrogens (tertiary/aromatic N) is 4. The molecular weight excluding hydrogens is 254 g/mol. The molecule has 1 aromatic carbocycles. The fourth-order valence-electron chi connectivity index (χ4n) is 1.35. The lowest BCUT2D eigenvalue weighted by atomic mass is 10.2. The molecule has 0 aliphatic heterocycles. The van der Waals surface area contributed by atoms with Crippen molar-refractivity contribution >= 4 is 24.1 Å². The van der Waals surface area contributed by atoms with Crippen LogP contribution >= 0.6 is 12.2 Å². The monoisotopic (exact) mass is 263 g/mol. The highest BCUT2D eigenvalue weighted by atomic mass is 32.1. The van der Waals surface area contributed by atoms with Crippen LogP contribution in [0.5, 0.6) is 0 Å². The van der Waals surface area contributed by atoms with Crippen molar-refractivity contribution in [1.82, 2.24) is 14.9 Å². The summed E-state index contributed by atoms with van der Waals surface area (Å²) in [5.41, 5.74) is 0.637. The molecule has 2 aromatic rings. The summed E-state index contributed by atoms with van der Waals surface area (Å²) in [5.74, 6) is 0.613. The average Bonchev–Trinajstić information content (AvgIpc) is 2.67. The van der Waals surface area contributed by atoms with Gasteiger partial charge in [-0.3, -0.25) is 15.2 Å². The average molecular weight is 263 g/mol. The normalized spacial score (nSPS) is 10.9. The molecule has 0 bridgehead atoms. The summed E-state index contributed by atoms with van der Waals surface area (Å²) in [5, 5.41) is 21.2. The van der Waals surface area contributed by atoms with Crippen LogP contribution in [0.2, 0.25) is 0 Å². The highest BCUT2D eigenvalue weighted by Gasteiger charge is 2.04. The Morgan fingerprint density at radius 2 is 2.39 bits per heavy atom. The second kappa shape index (κ2) is 4.88. The van der Waals surface area contributed by atoms with Crippen molar-refractivity contribution in [2.24, 2.45) is 5.10 Å². The van der Waals surface area contributed by atoms with Crippen LogP contribution in [-0.4, -0.2) is 26.0 Å². The van der Waals surface area contributed by atoms with Crippen LogP contribution in [0.15, 0.2) is 29.4 Å². The van der Waals surface area contributed by atoms with E-state index in [-0.39, 0.29) is 5.69 Å². The standard InChI is InChI=1S/C10H9N5O2S/c1-7-12-13-10(18)14(7)11-6-8-3-2-4-9(5-8)15(16)17/h2-6H,1H3,(H,13,18). The maximum atomic E-state index is 10.6. The third-order valence-corrected chi connectivity index (χ3v) is 2.48. The Bertz CT molecular complexity index is 673. The fraction of sp³-hybridized carbons (Fsp3) is 0.100. The van der Waals surface area contributed by atoms with Gasteiger partial charge in [0.1, 0.15) is 5.82 Å². The fourth-order valence-corrected chi connectivity index (χ4v) is 1.57. The molecule has 92 valence electrons. The van der Waals surface area contributed by atoms with Crippen LogP contribution in [0.1, 0.15) is 11.4 Å². The number of benzene rings is 1. The van der Waals surface area contributed by atoms with E-state index < -0.39 is 4.92 Å². The molecule has 2 rings (SSSR count). The molecule has 0 saturated heterocycles. The zero-order valence-electron chi connectivity index (χ0n) is 9.40. The molecule has 0 unspecified atom stereocenters. The SMILES string of the molecule is Cc1n[nH]c(=S)n1N=Cc1cccc([N+](=O)[O-])c1. The third kappa shape index (κ3) is 2.48. The maximum Gasteiger partial charge on any atom is 0.270 e. The van der Waals surface area contributed by atoms with Gasteiger partial charge >= 0.3 is 0 Å². The molecule has 0 spiro atoms. The van der Waals surface area contributed by atoms with E-state index in [4.69, 9.17) is 12.2 Å². The van der Waals surface area contributed by atoms with Crippen molar-refractivity contribution in [2.45, 2.75) is 6.92 Å². The number of nitro benzene ring substituents is 1. The minimum atomic E-state index is -0.452. The van der Waals surface area contributed by atoms with Gasteiger partial charge < -0.3 is 0 Å². The Morgan fingerprint density at radius 1 is 1.61 bits per heavy atom. The number of rotatable bonds is 3. The maximum absolute atomic E-state index is 10.6. The van der Waals surface area contributed by atoms with Crippen LogP contribution in [0, 0.1) is 21.8 Å². The summed E-state index contributed by atoms with van der Waals surface area (Å²) in [6.07, 6.45) is 1.49. The zero-order chi connectivity index (χ0) is 13.1. The van der Waals surface area contributed by atoms with Crippen LogP contribution in [0.3, 0.4) is 0 Å². The van der Waals surface area contributed by atoms with Gasteiger partial charge in [-0.05, 0) is 19.1 Å². The summed E-state index contributed by atoms with van der Waals surface area (Å²) >= 11 is 4.98. The van der Waals surface area contributed by atoms with Crippen molar-refractivity contribution in [2.75, 3.05) is 0 Å². The molecule has 7 nitrogen and oxygen atoms in total. The number of aromatic amines is 1. The van der Waals surface area contributed by atoms with Crippen molar-refractivity contribution in [3.05, 3.63) is 50.5 Å². The Labute approximate surface area is 107 Å². The van der Waals surface area contributed by atoms with Gasteiger partial charge in [-0.2, -0.15) is 14.9 Å². The highest BCUT2D eigenvalue weighted by Crippen LogP contribution is 2.11. The first-order valence-corrected chi connectivity index (χ1v) is 5.41. The molecule has 0 amide bonds. The first-order valence-electron chi connectivity index (χ1n) is 5.01. The van der Waals surface area contributed by atoms with Crippen molar-refractivity contribution in [3.8, 4) is 0 Å². The lowest BCUT2D eigenvalue weighted by Crippen LogP contribution is -1.94. The summed E-state index contributed by atoms with van der Waals surface area (Å²) in [6, 6.07) is 6.17. The summed E-state index contributed by atoms with van der Waals surface area (Å²) in [6.45, 7) is 1.75. The first kappa shape index (κ1) is 12.1. The Balaban J connectivity index is 2.32. The van der Waals surface area contributed by atoms with Crippen LogP contribution in [0.25, 0.3) is 0 Å². The third-order valence-electron chi connectivity index (χ3n) is 2.22. The van der Waals surface area contributed by atoms with E-state index >= 15 is 0 Å². The van der Waals surface area contributed by atoms with Crippen LogP contribution < -0.4 is 0 Å². The number of nitrogens with one attached hydrogen (secondary N) is 1.